The van der Waals surface area contributed by atoms with E-state index in [0.717, 1.165) is 17.7 Å². The predicted molar refractivity (Wildman–Crippen MR) is 72.9 cm³/mol. The monoisotopic (exact) mass is 261 g/mol. The minimum atomic E-state index is -0.142. The van der Waals surface area contributed by atoms with Gasteiger partial charge in [0, 0.05) is 18.6 Å². The second-order valence-corrected chi connectivity index (χ2v) is 4.79. The van der Waals surface area contributed by atoms with Crippen LogP contribution in [0.4, 0.5) is 0 Å². The predicted octanol–water partition coefficient (Wildman–Crippen LogP) is 1.43. The van der Waals surface area contributed by atoms with Crippen LogP contribution in [0.5, 0.6) is 5.75 Å². The normalized spacial score (nSPS) is 21.4. The van der Waals surface area contributed by atoms with E-state index in [1.165, 1.54) is 0 Å². The summed E-state index contributed by atoms with van der Waals surface area (Å²) in [6.45, 7) is 2.08. The Morgan fingerprint density at radius 3 is 2.89 bits per heavy atom. The second kappa shape index (κ2) is 6.38. The molecule has 0 fully saturated rings. The molecule has 2 rings (SSSR count). The maximum atomic E-state index is 11.7. The van der Waals surface area contributed by atoms with Crippen LogP contribution in [0.1, 0.15) is 12.0 Å². The summed E-state index contributed by atoms with van der Waals surface area (Å²) in [5.74, 6) is 0.743. The third-order valence-electron chi connectivity index (χ3n) is 3.21. The average Bonchev–Trinajstić information content (AvgIpc) is 2.85. The Kier molecular flexibility index (Phi) is 4.58. The summed E-state index contributed by atoms with van der Waals surface area (Å²) >= 11 is 0. The van der Waals surface area contributed by atoms with Crippen LogP contribution >= 0.6 is 0 Å². The molecule has 0 saturated heterocycles. The maximum Gasteiger partial charge on any atom is 0.258 e. The van der Waals surface area contributed by atoms with E-state index in [0.29, 0.717) is 0 Å². The van der Waals surface area contributed by atoms with Gasteiger partial charge in [-0.3, -0.25) is 4.79 Å². The molecule has 1 aromatic rings. The number of amides is 1. The van der Waals surface area contributed by atoms with E-state index in [1.54, 1.807) is 0 Å². The van der Waals surface area contributed by atoms with Gasteiger partial charge in [0.05, 0.1) is 0 Å². The van der Waals surface area contributed by atoms with Crippen LogP contribution in [0.2, 0.25) is 0 Å². The highest BCUT2D eigenvalue weighted by Gasteiger charge is 2.19. The molecule has 0 heterocycles. The fourth-order valence-corrected chi connectivity index (χ4v) is 2.13. The zero-order chi connectivity index (χ0) is 13.7. The van der Waals surface area contributed by atoms with Gasteiger partial charge in [0.15, 0.2) is 6.61 Å². The Hall–Kier alpha value is -1.81. The van der Waals surface area contributed by atoms with Crippen LogP contribution in [0.25, 0.3) is 0 Å². The van der Waals surface area contributed by atoms with E-state index < -0.39 is 0 Å². The first kappa shape index (κ1) is 13.6. The molecule has 0 bridgehead atoms. The number of carbonyl (C=O) groups excluding carboxylic acids is 1. The first-order chi connectivity index (χ1) is 9.19. The lowest BCUT2D eigenvalue weighted by molar-refractivity contribution is -0.123. The van der Waals surface area contributed by atoms with Crippen molar-refractivity contribution >= 4 is 5.91 Å². The number of hydrogen-bond acceptors (Lipinski definition) is 3. The van der Waals surface area contributed by atoms with Crippen LogP contribution in [-0.2, 0) is 4.79 Å². The van der Waals surface area contributed by atoms with E-state index in [-0.39, 0.29) is 31.1 Å². The lowest BCUT2D eigenvalue weighted by atomic mass is 10.1. The lowest BCUT2D eigenvalue weighted by Crippen LogP contribution is -2.36. The molecule has 102 valence electrons. The quantitative estimate of drug-likeness (QED) is 0.788. The molecule has 2 atom stereocenters. The molecule has 2 N–H and O–H groups in total. The van der Waals surface area contributed by atoms with Gasteiger partial charge in [-0.05, 0) is 25.0 Å². The lowest BCUT2D eigenvalue weighted by Gasteiger charge is -2.13. The topological polar surface area (TPSA) is 58.6 Å². The first-order valence-corrected chi connectivity index (χ1v) is 6.46. The molecule has 4 heteroatoms. The fraction of sp³-hybridized carbons (Fsp3) is 0.400. The SMILES string of the molecule is Cc1ccccc1OCC(=O)N[C@@H]1C=C[C@H](CO)C1. The Balaban J connectivity index is 1.77. The summed E-state index contributed by atoms with van der Waals surface area (Å²) in [5, 5.41) is 11.9. The minimum absolute atomic E-state index is 0.00474. The zero-order valence-electron chi connectivity index (χ0n) is 11.0. The van der Waals surface area contributed by atoms with Crippen molar-refractivity contribution in [1.29, 1.82) is 0 Å². The van der Waals surface area contributed by atoms with E-state index in [2.05, 4.69) is 5.32 Å². The summed E-state index contributed by atoms with van der Waals surface area (Å²) in [5.41, 5.74) is 1.01. The Morgan fingerprint density at radius 2 is 2.21 bits per heavy atom. The van der Waals surface area contributed by atoms with E-state index >= 15 is 0 Å². The Labute approximate surface area is 113 Å². The average molecular weight is 261 g/mol. The van der Waals surface area contributed by atoms with Crippen LogP contribution in [-0.4, -0.2) is 30.3 Å². The molecule has 1 aliphatic carbocycles. The smallest absolute Gasteiger partial charge is 0.258 e. The summed E-state index contributed by atoms with van der Waals surface area (Å²) in [6, 6.07) is 7.61. The molecule has 0 aromatic heterocycles. The zero-order valence-corrected chi connectivity index (χ0v) is 11.0. The third-order valence-corrected chi connectivity index (χ3v) is 3.21. The van der Waals surface area contributed by atoms with Gasteiger partial charge in [0.2, 0.25) is 0 Å². The standard InChI is InChI=1S/C15H19NO3/c1-11-4-2-3-5-14(11)19-10-15(18)16-13-7-6-12(8-13)9-17/h2-7,12-13,17H,8-10H2,1H3,(H,16,18)/t12-,13+/m0/s1. The highest BCUT2D eigenvalue weighted by Crippen LogP contribution is 2.18. The van der Waals surface area contributed by atoms with Crippen LogP contribution in [0.15, 0.2) is 36.4 Å². The van der Waals surface area contributed by atoms with Gasteiger partial charge in [-0.25, -0.2) is 0 Å². The van der Waals surface area contributed by atoms with Crippen molar-refractivity contribution in [3.63, 3.8) is 0 Å². The molecule has 0 spiro atoms. The number of hydrogen-bond donors (Lipinski definition) is 2. The van der Waals surface area contributed by atoms with E-state index in [4.69, 9.17) is 9.84 Å². The molecular formula is C15H19NO3. The second-order valence-electron chi connectivity index (χ2n) is 4.79. The summed E-state index contributed by atoms with van der Waals surface area (Å²) in [4.78, 5) is 11.7. The molecular weight excluding hydrogens is 242 g/mol. The van der Waals surface area contributed by atoms with Crippen molar-refractivity contribution in [3.8, 4) is 5.75 Å². The number of rotatable bonds is 5. The largest absolute Gasteiger partial charge is 0.484 e. The molecule has 19 heavy (non-hydrogen) atoms. The number of nitrogens with one attached hydrogen (secondary N) is 1. The highest BCUT2D eigenvalue weighted by atomic mass is 16.5. The summed E-state index contributed by atoms with van der Waals surface area (Å²) < 4.78 is 5.48. The fourth-order valence-electron chi connectivity index (χ4n) is 2.13. The number of aliphatic hydroxyl groups is 1. The van der Waals surface area contributed by atoms with Crippen molar-refractivity contribution in [2.75, 3.05) is 13.2 Å². The Morgan fingerprint density at radius 1 is 1.42 bits per heavy atom. The molecule has 1 aromatic carbocycles. The number of para-hydroxylation sites is 1. The Bertz CT molecular complexity index is 470. The van der Waals surface area contributed by atoms with Crippen molar-refractivity contribution in [2.45, 2.75) is 19.4 Å². The number of ether oxygens (including phenoxy) is 1. The van der Waals surface area contributed by atoms with Crippen LogP contribution in [0, 0.1) is 12.8 Å². The van der Waals surface area contributed by atoms with E-state index in [1.807, 2.05) is 43.3 Å². The van der Waals surface area contributed by atoms with Crippen molar-refractivity contribution in [3.05, 3.63) is 42.0 Å². The van der Waals surface area contributed by atoms with Gasteiger partial charge in [0.25, 0.3) is 5.91 Å². The van der Waals surface area contributed by atoms with Gasteiger partial charge < -0.3 is 15.2 Å². The van der Waals surface area contributed by atoms with E-state index in [9.17, 15) is 4.79 Å². The van der Waals surface area contributed by atoms with Crippen molar-refractivity contribution < 1.29 is 14.6 Å². The summed E-state index contributed by atoms with van der Waals surface area (Å²) in [6.07, 6.45) is 4.62. The van der Waals surface area contributed by atoms with Crippen molar-refractivity contribution in [2.24, 2.45) is 5.92 Å². The maximum absolute atomic E-state index is 11.7. The van der Waals surface area contributed by atoms with Gasteiger partial charge in [-0.2, -0.15) is 0 Å². The van der Waals surface area contributed by atoms with Crippen LogP contribution < -0.4 is 10.1 Å². The molecule has 0 saturated carbocycles. The molecule has 1 aliphatic rings. The highest BCUT2D eigenvalue weighted by molar-refractivity contribution is 5.78. The number of aryl methyl sites for hydroxylation is 1. The molecule has 0 unspecified atom stereocenters. The molecule has 0 radical (unpaired) electrons. The number of carbonyl (C=O) groups is 1. The van der Waals surface area contributed by atoms with Gasteiger partial charge in [-0.1, -0.05) is 30.4 Å². The van der Waals surface area contributed by atoms with Crippen LogP contribution in [0.3, 0.4) is 0 Å². The molecule has 1 amide bonds. The van der Waals surface area contributed by atoms with Gasteiger partial charge in [-0.15, -0.1) is 0 Å². The minimum Gasteiger partial charge on any atom is -0.484 e. The van der Waals surface area contributed by atoms with Gasteiger partial charge in [0.1, 0.15) is 5.75 Å². The number of benzene rings is 1. The van der Waals surface area contributed by atoms with Crippen molar-refractivity contribution in [1.82, 2.24) is 5.32 Å². The third kappa shape index (κ3) is 3.83. The summed E-state index contributed by atoms with van der Waals surface area (Å²) in [7, 11) is 0. The number of aliphatic hydroxyl groups excluding tert-OH is 1. The van der Waals surface area contributed by atoms with Gasteiger partial charge >= 0.3 is 0 Å². The molecule has 4 nitrogen and oxygen atoms in total. The molecule has 0 aliphatic heterocycles. The first-order valence-electron chi connectivity index (χ1n) is 6.46.